The van der Waals surface area contributed by atoms with E-state index >= 15 is 0 Å². The highest BCUT2D eigenvalue weighted by atomic mass is 35.5. The Morgan fingerprint density at radius 2 is 1.85 bits per heavy atom. The number of carbonyl (C=O) groups excluding carboxylic acids is 3. The molecule has 4 rings (SSSR count). The molecule has 0 bridgehead atoms. The monoisotopic (exact) mass is 521 g/mol. The predicted molar refractivity (Wildman–Crippen MR) is 128 cm³/mol. The van der Waals surface area contributed by atoms with Gasteiger partial charge in [-0.2, -0.15) is 0 Å². The molecule has 0 aliphatic carbocycles. The first kappa shape index (κ1) is 23.4. The quantitative estimate of drug-likeness (QED) is 0.267. The Kier molecular flexibility index (Phi) is 6.86. The molecule has 0 spiro atoms. The first-order chi connectivity index (χ1) is 15.8. The molecule has 1 saturated heterocycles. The zero-order valence-corrected chi connectivity index (χ0v) is 20.0. The SMILES string of the molecule is COC(=O)c1cc(-c2ccc(C=C3SC(=O)N(Cc4ccc(Cl)cc4Cl)C3=O)o2)ccc1Cl. The van der Waals surface area contributed by atoms with Gasteiger partial charge in [-0.1, -0.05) is 40.9 Å². The highest BCUT2D eigenvalue weighted by Gasteiger charge is 2.35. The summed E-state index contributed by atoms with van der Waals surface area (Å²) in [7, 11) is 1.27. The van der Waals surface area contributed by atoms with Gasteiger partial charge < -0.3 is 9.15 Å². The number of imide groups is 1. The van der Waals surface area contributed by atoms with Crippen molar-refractivity contribution in [3.63, 3.8) is 0 Å². The van der Waals surface area contributed by atoms with Crippen molar-refractivity contribution in [1.82, 2.24) is 4.90 Å². The number of nitrogens with zero attached hydrogens (tertiary/aromatic N) is 1. The van der Waals surface area contributed by atoms with Crippen molar-refractivity contribution in [2.45, 2.75) is 6.54 Å². The van der Waals surface area contributed by atoms with Gasteiger partial charge in [0.25, 0.3) is 11.1 Å². The standard InChI is InChI=1S/C23H14Cl3NO5S/c1-31-22(29)16-8-12(3-6-17(16)25)19-7-5-15(32-19)10-20-21(28)27(23(30)33-20)11-13-2-4-14(24)9-18(13)26/h2-10H,11H2,1H3. The van der Waals surface area contributed by atoms with E-state index in [9.17, 15) is 14.4 Å². The maximum Gasteiger partial charge on any atom is 0.339 e. The van der Waals surface area contributed by atoms with Gasteiger partial charge in [-0.25, -0.2) is 4.79 Å². The Bertz CT molecular complexity index is 1320. The summed E-state index contributed by atoms with van der Waals surface area (Å²) in [6.07, 6.45) is 1.50. The van der Waals surface area contributed by atoms with E-state index in [2.05, 4.69) is 0 Å². The molecule has 3 aromatic rings. The highest BCUT2D eigenvalue weighted by molar-refractivity contribution is 8.18. The summed E-state index contributed by atoms with van der Waals surface area (Å²) in [5, 5.41) is 0.678. The van der Waals surface area contributed by atoms with E-state index in [1.807, 2.05) is 0 Å². The number of esters is 1. The van der Waals surface area contributed by atoms with Crippen LogP contribution in [0.15, 0.2) is 57.9 Å². The van der Waals surface area contributed by atoms with Crippen LogP contribution in [0, 0.1) is 0 Å². The number of furan rings is 1. The lowest BCUT2D eigenvalue weighted by molar-refractivity contribution is -0.123. The summed E-state index contributed by atoms with van der Waals surface area (Å²) in [5.41, 5.74) is 1.41. The summed E-state index contributed by atoms with van der Waals surface area (Å²) < 4.78 is 10.5. The highest BCUT2D eigenvalue weighted by Crippen LogP contribution is 2.35. The number of amides is 2. The van der Waals surface area contributed by atoms with Crippen molar-refractivity contribution in [2.75, 3.05) is 7.11 Å². The third kappa shape index (κ3) is 4.96. The summed E-state index contributed by atoms with van der Waals surface area (Å²) in [6, 6.07) is 13.0. The molecule has 0 radical (unpaired) electrons. The van der Waals surface area contributed by atoms with Gasteiger partial charge in [-0.05, 0) is 59.8 Å². The number of carbonyl (C=O) groups is 3. The third-order valence-electron chi connectivity index (χ3n) is 4.77. The zero-order valence-electron chi connectivity index (χ0n) is 16.9. The van der Waals surface area contributed by atoms with Crippen molar-refractivity contribution >= 4 is 69.8 Å². The molecule has 1 fully saturated rings. The number of thioether (sulfide) groups is 1. The van der Waals surface area contributed by atoms with Crippen molar-refractivity contribution in [2.24, 2.45) is 0 Å². The molecule has 10 heteroatoms. The van der Waals surface area contributed by atoms with E-state index in [1.165, 1.54) is 13.2 Å². The van der Waals surface area contributed by atoms with Crippen LogP contribution in [0.1, 0.15) is 21.7 Å². The number of benzene rings is 2. The van der Waals surface area contributed by atoms with Gasteiger partial charge in [0.2, 0.25) is 0 Å². The molecule has 2 amide bonds. The topological polar surface area (TPSA) is 76.8 Å². The number of hydrogen-bond acceptors (Lipinski definition) is 6. The average Bonchev–Trinajstić information content (AvgIpc) is 3.35. The largest absolute Gasteiger partial charge is 0.465 e. The lowest BCUT2D eigenvalue weighted by Gasteiger charge is -2.13. The van der Waals surface area contributed by atoms with Gasteiger partial charge >= 0.3 is 5.97 Å². The summed E-state index contributed by atoms with van der Waals surface area (Å²) in [5.74, 6) is -0.193. The second-order valence-corrected chi connectivity index (χ2v) is 9.14. The lowest BCUT2D eigenvalue weighted by Crippen LogP contribution is -2.27. The van der Waals surface area contributed by atoms with Crippen LogP contribution in [0.4, 0.5) is 4.79 Å². The van der Waals surface area contributed by atoms with Gasteiger partial charge in [-0.15, -0.1) is 0 Å². The van der Waals surface area contributed by atoms with Crippen molar-refractivity contribution in [3.05, 3.63) is 85.4 Å². The second-order valence-electron chi connectivity index (χ2n) is 6.89. The normalized spacial score (nSPS) is 14.9. The molecule has 0 N–H and O–H groups in total. The average molecular weight is 523 g/mol. The van der Waals surface area contributed by atoms with Crippen LogP contribution in [0.2, 0.25) is 15.1 Å². The first-order valence-electron chi connectivity index (χ1n) is 9.44. The minimum absolute atomic E-state index is 0.0303. The fraction of sp³-hybridized carbons (Fsp3) is 0.0870. The van der Waals surface area contributed by atoms with Crippen LogP contribution >= 0.6 is 46.6 Å². The minimum Gasteiger partial charge on any atom is -0.465 e. The predicted octanol–water partition coefficient (Wildman–Crippen LogP) is 6.93. The summed E-state index contributed by atoms with van der Waals surface area (Å²) in [6.45, 7) is 0.0303. The van der Waals surface area contributed by atoms with Gasteiger partial charge in [0.05, 0.1) is 29.1 Å². The minimum atomic E-state index is -0.567. The van der Waals surface area contributed by atoms with E-state index in [1.54, 1.807) is 48.5 Å². The molecule has 1 aromatic heterocycles. The summed E-state index contributed by atoms with van der Waals surface area (Å²) >= 11 is 19.0. The van der Waals surface area contributed by atoms with Crippen LogP contribution in [0.25, 0.3) is 17.4 Å². The fourth-order valence-corrected chi connectivity index (χ4v) is 4.60. The molecule has 6 nitrogen and oxygen atoms in total. The van der Waals surface area contributed by atoms with Crippen molar-refractivity contribution < 1.29 is 23.5 Å². The smallest absolute Gasteiger partial charge is 0.339 e. The van der Waals surface area contributed by atoms with Gasteiger partial charge in [0, 0.05) is 21.7 Å². The maximum absolute atomic E-state index is 12.8. The molecule has 33 heavy (non-hydrogen) atoms. The van der Waals surface area contributed by atoms with Crippen LogP contribution in [-0.4, -0.2) is 29.1 Å². The van der Waals surface area contributed by atoms with Crippen LogP contribution in [0.3, 0.4) is 0 Å². The lowest BCUT2D eigenvalue weighted by atomic mass is 10.1. The van der Waals surface area contributed by atoms with Crippen LogP contribution in [-0.2, 0) is 16.1 Å². The molecule has 0 unspecified atom stereocenters. The Hall–Kier alpha value is -2.71. The Labute approximate surface area is 208 Å². The van der Waals surface area contributed by atoms with E-state index in [0.717, 1.165) is 16.7 Å². The number of hydrogen-bond donors (Lipinski definition) is 0. The Morgan fingerprint density at radius 1 is 1.06 bits per heavy atom. The van der Waals surface area contributed by atoms with E-state index in [-0.39, 0.29) is 22.0 Å². The Morgan fingerprint density at radius 3 is 2.58 bits per heavy atom. The Balaban J connectivity index is 1.55. The van der Waals surface area contributed by atoms with Crippen molar-refractivity contribution in [1.29, 1.82) is 0 Å². The second kappa shape index (κ2) is 9.65. The van der Waals surface area contributed by atoms with Gasteiger partial charge in [0.15, 0.2) is 0 Å². The third-order valence-corrected chi connectivity index (χ3v) is 6.60. The number of methoxy groups -OCH3 is 1. The molecule has 0 saturated carbocycles. The number of halogens is 3. The van der Waals surface area contributed by atoms with Gasteiger partial charge in [0.1, 0.15) is 11.5 Å². The first-order valence-corrected chi connectivity index (χ1v) is 11.4. The van der Waals surface area contributed by atoms with E-state index < -0.39 is 17.1 Å². The molecule has 0 atom stereocenters. The van der Waals surface area contributed by atoms with Gasteiger partial charge in [-0.3, -0.25) is 14.5 Å². The maximum atomic E-state index is 12.8. The van der Waals surface area contributed by atoms with E-state index in [4.69, 9.17) is 44.0 Å². The molecule has 168 valence electrons. The van der Waals surface area contributed by atoms with Crippen LogP contribution < -0.4 is 0 Å². The molecule has 1 aliphatic rings. The molecular weight excluding hydrogens is 509 g/mol. The molecular formula is C23H14Cl3NO5S. The summed E-state index contributed by atoms with van der Waals surface area (Å²) in [4.78, 5) is 38.4. The fourth-order valence-electron chi connectivity index (χ4n) is 3.12. The van der Waals surface area contributed by atoms with Crippen molar-refractivity contribution in [3.8, 4) is 11.3 Å². The molecule has 1 aliphatic heterocycles. The van der Waals surface area contributed by atoms with Crippen LogP contribution in [0.5, 0.6) is 0 Å². The molecule has 2 aromatic carbocycles. The number of rotatable bonds is 5. The van der Waals surface area contributed by atoms with E-state index in [0.29, 0.717) is 32.7 Å². The zero-order chi connectivity index (χ0) is 23.7. The number of ether oxygens (including phenoxy) is 1. The molecule has 2 heterocycles.